The minimum absolute atomic E-state index is 0.0702. The van der Waals surface area contributed by atoms with E-state index in [0.717, 1.165) is 6.42 Å². The van der Waals surface area contributed by atoms with Crippen molar-refractivity contribution in [3.05, 3.63) is 35.4 Å². The second-order valence-corrected chi connectivity index (χ2v) is 3.54. The highest BCUT2D eigenvalue weighted by atomic mass is 19.1. The van der Waals surface area contributed by atoms with E-state index >= 15 is 0 Å². The first kappa shape index (κ1) is 11.3. The maximum Gasteiger partial charge on any atom is 0.259 e. The molecule has 17 heavy (non-hydrogen) atoms. The van der Waals surface area contributed by atoms with E-state index in [1.54, 1.807) is 12.1 Å². The lowest BCUT2D eigenvalue weighted by atomic mass is 10.1. The summed E-state index contributed by atoms with van der Waals surface area (Å²) in [6.45, 7) is 2.00. The average molecular weight is 231 g/mol. The van der Waals surface area contributed by atoms with Crippen molar-refractivity contribution in [3.8, 4) is 17.5 Å². The molecule has 2 aromatic rings. The van der Waals surface area contributed by atoms with Crippen LogP contribution in [0.15, 0.2) is 22.7 Å². The van der Waals surface area contributed by atoms with Gasteiger partial charge < -0.3 is 4.52 Å². The van der Waals surface area contributed by atoms with Crippen molar-refractivity contribution >= 4 is 0 Å². The van der Waals surface area contributed by atoms with E-state index in [1.165, 1.54) is 12.1 Å². The molecule has 0 spiro atoms. The molecule has 0 aliphatic carbocycles. The van der Waals surface area contributed by atoms with Crippen LogP contribution in [-0.2, 0) is 6.42 Å². The van der Waals surface area contributed by atoms with Crippen LogP contribution in [0.3, 0.4) is 0 Å². The Morgan fingerprint density at radius 1 is 1.47 bits per heavy atom. The van der Waals surface area contributed by atoms with Crippen molar-refractivity contribution < 1.29 is 8.91 Å². The first-order chi connectivity index (χ1) is 8.26. The van der Waals surface area contributed by atoms with Gasteiger partial charge in [-0.1, -0.05) is 18.1 Å². The Morgan fingerprint density at radius 3 is 3.00 bits per heavy atom. The normalized spacial score (nSPS) is 10.2. The Labute approximate surface area is 97.7 Å². The fourth-order valence-electron chi connectivity index (χ4n) is 1.50. The highest BCUT2D eigenvalue weighted by Crippen LogP contribution is 2.23. The summed E-state index contributed by atoms with van der Waals surface area (Å²) in [5, 5.41) is 12.7. The van der Waals surface area contributed by atoms with Crippen LogP contribution < -0.4 is 0 Å². The molecule has 0 N–H and O–H groups in total. The van der Waals surface area contributed by atoms with Crippen LogP contribution in [0.4, 0.5) is 4.39 Å². The molecule has 0 radical (unpaired) electrons. The topological polar surface area (TPSA) is 62.7 Å². The van der Waals surface area contributed by atoms with Gasteiger partial charge >= 0.3 is 0 Å². The lowest BCUT2D eigenvalue weighted by Crippen LogP contribution is -1.90. The molecule has 0 atom stereocenters. The molecule has 0 saturated carbocycles. The number of aromatic nitrogens is 2. The van der Waals surface area contributed by atoms with Crippen LogP contribution in [0.5, 0.6) is 0 Å². The first-order valence-electron chi connectivity index (χ1n) is 5.27. The third-order valence-corrected chi connectivity index (χ3v) is 2.30. The van der Waals surface area contributed by atoms with E-state index in [1.807, 2.05) is 6.92 Å². The zero-order valence-electron chi connectivity index (χ0n) is 9.27. The SMILES string of the molecule is CCCc1noc(-c2cccc(F)c2C#N)n1. The maximum atomic E-state index is 13.4. The van der Waals surface area contributed by atoms with Crippen LogP contribution in [0.2, 0.25) is 0 Å². The number of rotatable bonds is 3. The standard InChI is InChI=1S/C12H10FN3O/c1-2-4-11-15-12(17-16-11)8-5-3-6-10(13)9(8)7-14/h3,5-6H,2,4H2,1H3. The van der Waals surface area contributed by atoms with Crippen molar-refractivity contribution in [2.45, 2.75) is 19.8 Å². The number of hydrogen-bond donors (Lipinski definition) is 0. The molecule has 0 bridgehead atoms. The van der Waals surface area contributed by atoms with Crippen molar-refractivity contribution in [2.75, 3.05) is 0 Å². The number of benzene rings is 1. The average Bonchev–Trinajstić information content (AvgIpc) is 2.78. The van der Waals surface area contributed by atoms with E-state index in [2.05, 4.69) is 10.1 Å². The summed E-state index contributed by atoms with van der Waals surface area (Å²) in [5.41, 5.74) is 0.265. The molecule has 1 aromatic heterocycles. The molecule has 0 amide bonds. The Morgan fingerprint density at radius 2 is 2.29 bits per heavy atom. The van der Waals surface area contributed by atoms with E-state index in [9.17, 15) is 4.39 Å². The highest BCUT2D eigenvalue weighted by molar-refractivity contribution is 5.63. The summed E-state index contributed by atoms with van der Waals surface area (Å²) >= 11 is 0. The zero-order chi connectivity index (χ0) is 12.3. The van der Waals surface area contributed by atoms with E-state index < -0.39 is 5.82 Å². The van der Waals surface area contributed by atoms with Crippen LogP contribution in [0.1, 0.15) is 24.7 Å². The number of nitriles is 1. The Kier molecular flexibility index (Phi) is 3.15. The Bertz CT molecular complexity index is 571. The van der Waals surface area contributed by atoms with E-state index in [4.69, 9.17) is 9.78 Å². The zero-order valence-corrected chi connectivity index (χ0v) is 9.27. The monoisotopic (exact) mass is 231 g/mol. The Hall–Kier alpha value is -2.22. The molecular weight excluding hydrogens is 221 g/mol. The largest absolute Gasteiger partial charge is 0.334 e. The van der Waals surface area contributed by atoms with Gasteiger partial charge in [0.05, 0.1) is 5.56 Å². The van der Waals surface area contributed by atoms with Gasteiger partial charge in [0.1, 0.15) is 17.4 Å². The van der Waals surface area contributed by atoms with Crippen molar-refractivity contribution in [1.82, 2.24) is 10.1 Å². The molecule has 4 nitrogen and oxygen atoms in total. The fraction of sp³-hybridized carbons (Fsp3) is 0.250. The third kappa shape index (κ3) is 2.16. The molecule has 1 heterocycles. The molecule has 0 fully saturated rings. The van der Waals surface area contributed by atoms with Gasteiger partial charge in [-0.2, -0.15) is 10.2 Å². The summed E-state index contributed by atoms with van der Waals surface area (Å²) in [4.78, 5) is 4.12. The van der Waals surface area contributed by atoms with Crippen molar-refractivity contribution in [1.29, 1.82) is 5.26 Å². The molecule has 1 aromatic carbocycles. The summed E-state index contributed by atoms with van der Waals surface area (Å²) in [6, 6.07) is 6.13. The number of nitrogens with zero attached hydrogens (tertiary/aromatic N) is 3. The Balaban J connectivity index is 2.46. The second-order valence-electron chi connectivity index (χ2n) is 3.54. The van der Waals surface area contributed by atoms with Crippen molar-refractivity contribution in [2.24, 2.45) is 0 Å². The van der Waals surface area contributed by atoms with Gasteiger partial charge in [-0.05, 0) is 18.6 Å². The molecule has 0 aliphatic heterocycles. The predicted molar refractivity (Wildman–Crippen MR) is 58.4 cm³/mol. The van der Waals surface area contributed by atoms with Crippen LogP contribution in [0, 0.1) is 17.1 Å². The quantitative estimate of drug-likeness (QED) is 0.814. The number of halogens is 1. The summed E-state index contributed by atoms with van der Waals surface area (Å²) in [7, 11) is 0. The molecule has 0 aliphatic rings. The molecule has 0 unspecified atom stereocenters. The predicted octanol–water partition coefficient (Wildman–Crippen LogP) is 2.70. The van der Waals surface area contributed by atoms with E-state index in [0.29, 0.717) is 17.8 Å². The molecular formula is C12H10FN3O. The smallest absolute Gasteiger partial charge is 0.259 e. The van der Waals surface area contributed by atoms with Gasteiger partial charge in [-0.25, -0.2) is 4.39 Å². The summed E-state index contributed by atoms with van der Waals surface area (Å²) in [5.74, 6) is 0.167. The van der Waals surface area contributed by atoms with Gasteiger partial charge in [0.25, 0.3) is 5.89 Å². The van der Waals surface area contributed by atoms with Crippen molar-refractivity contribution in [3.63, 3.8) is 0 Å². The van der Waals surface area contributed by atoms with Gasteiger partial charge in [0.15, 0.2) is 5.82 Å². The minimum Gasteiger partial charge on any atom is -0.334 e. The van der Waals surface area contributed by atoms with Crippen LogP contribution >= 0.6 is 0 Å². The second kappa shape index (κ2) is 4.74. The number of aryl methyl sites for hydroxylation is 1. The highest BCUT2D eigenvalue weighted by Gasteiger charge is 2.15. The molecule has 2 rings (SSSR count). The maximum absolute atomic E-state index is 13.4. The molecule has 5 heteroatoms. The van der Waals surface area contributed by atoms with Gasteiger partial charge in [0.2, 0.25) is 0 Å². The third-order valence-electron chi connectivity index (χ3n) is 2.30. The fourth-order valence-corrected chi connectivity index (χ4v) is 1.50. The van der Waals surface area contributed by atoms with Gasteiger partial charge in [0, 0.05) is 6.42 Å². The number of hydrogen-bond acceptors (Lipinski definition) is 4. The minimum atomic E-state index is -0.583. The first-order valence-corrected chi connectivity index (χ1v) is 5.27. The van der Waals surface area contributed by atoms with Gasteiger partial charge in [-0.3, -0.25) is 0 Å². The lowest BCUT2D eigenvalue weighted by Gasteiger charge is -1.98. The summed E-state index contributed by atoms with van der Waals surface area (Å²) < 4.78 is 18.4. The van der Waals surface area contributed by atoms with Gasteiger partial charge in [-0.15, -0.1) is 0 Å². The van der Waals surface area contributed by atoms with Crippen LogP contribution in [-0.4, -0.2) is 10.1 Å². The molecule has 0 saturated heterocycles. The summed E-state index contributed by atoms with van der Waals surface area (Å²) in [6.07, 6.45) is 1.59. The van der Waals surface area contributed by atoms with E-state index in [-0.39, 0.29) is 11.5 Å². The van der Waals surface area contributed by atoms with Crippen LogP contribution in [0.25, 0.3) is 11.5 Å². The lowest BCUT2D eigenvalue weighted by molar-refractivity contribution is 0.421. The molecule has 86 valence electrons.